The largest absolute Gasteiger partial charge is 0.473 e. The molecular formula is C21H22ClN3O5. The van der Waals surface area contributed by atoms with Crippen LogP contribution >= 0.6 is 11.6 Å². The van der Waals surface area contributed by atoms with Crippen molar-refractivity contribution in [2.24, 2.45) is 0 Å². The quantitative estimate of drug-likeness (QED) is 0.489. The average molecular weight is 432 g/mol. The second kappa shape index (κ2) is 11.6. The molecule has 0 spiro atoms. The molecule has 0 unspecified atom stereocenters. The molecule has 0 saturated carbocycles. The normalized spacial score (nSPS) is 10.1. The van der Waals surface area contributed by atoms with Crippen LogP contribution in [0.15, 0.2) is 60.8 Å². The Morgan fingerprint density at radius 2 is 1.70 bits per heavy atom. The molecule has 0 aliphatic heterocycles. The maximum Gasteiger partial charge on any atom is 0.414 e. The van der Waals surface area contributed by atoms with Crippen molar-refractivity contribution < 1.29 is 24.5 Å². The van der Waals surface area contributed by atoms with Gasteiger partial charge < -0.3 is 24.8 Å². The fraction of sp³-hybridized carbons (Fsp3) is 0.190. The number of hydrogen-bond acceptors (Lipinski definition) is 5. The van der Waals surface area contributed by atoms with Gasteiger partial charge in [0.05, 0.1) is 18.5 Å². The summed E-state index contributed by atoms with van der Waals surface area (Å²) in [7, 11) is 1.71. The summed E-state index contributed by atoms with van der Waals surface area (Å²) in [5.41, 5.74) is 3.37. The first-order valence-electron chi connectivity index (χ1n) is 8.96. The third kappa shape index (κ3) is 6.91. The zero-order chi connectivity index (χ0) is 21.9. The number of benzene rings is 2. The van der Waals surface area contributed by atoms with Gasteiger partial charge >= 0.3 is 11.9 Å². The predicted molar refractivity (Wildman–Crippen MR) is 114 cm³/mol. The highest BCUT2D eigenvalue weighted by Crippen LogP contribution is 2.23. The van der Waals surface area contributed by atoms with Gasteiger partial charge in [-0.1, -0.05) is 54.1 Å². The molecule has 0 atom stereocenters. The number of ether oxygens (including phenoxy) is 1. The van der Waals surface area contributed by atoms with Crippen LogP contribution in [0.1, 0.15) is 5.56 Å². The zero-order valence-electron chi connectivity index (χ0n) is 16.3. The van der Waals surface area contributed by atoms with E-state index in [0.29, 0.717) is 13.2 Å². The number of nitrogens with zero attached hydrogens (tertiary/aromatic N) is 2. The lowest BCUT2D eigenvalue weighted by Gasteiger charge is -2.13. The topological polar surface area (TPSA) is 114 Å². The van der Waals surface area contributed by atoms with E-state index >= 15 is 0 Å². The van der Waals surface area contributed by atoms with E-state index in [1.54, 1.807) is 7.11 Å². The Hall–Kier alpha value is -3.36. The first-order valence-corrected chi connectivity index (χ1v) is 9.34. The number of nitrogens with one attached hydrogen (secondary N) is 1. The molecule has 0 saturated heterocycles. The van der Waals surface area contributed by atoms with E-state index in [4.69, 9.17) is 36.1 Å². The highest BCUT2D eigenvalue weighted by molar-refractivity contribution is 6.30. The molecule has 1 aromatic heterocycles. The summed E-state index contributed by atoms with van der Waals surface area (Å²) in [4.78, 5) is 22.7. The molecule has 0 bridgehead atoms. The summed E-state index contributed by atoms with van der Waals surface area (Å²) in [6, 6.07) is 18.1. The number of aromatic nitrogens is 2. The molecule has 0 radical (unpaired) electrons. The molecule has 0 aliphatic rings. The minimum atomic E-state index is -1.82. The number of aliphatic carboxylic acids is 2. The van der Waals surface area contributed by atoms with Crippen molar-refractivity contribution in [1.82, 2.24) is 9.55 Å². The second-order valence-electron chi connectivity index (χ2n) is 6.07. The Morgan fingerprint density at radius 3 is 2.27 bits per heavy atom. The van der Waals surface area contributed by atoms with E-state index in [0.717, 1.165) is 34.3 Å². The number of carbonyl (C=O) groups is 2. The van der Waals surface area contributed by atoms with Crippen molar-refractivity contribution in [3.05, 3.63) is 71.4 Å². The Morgan fingerprint density at radius 1 is 1.07 bits per heavy atom. The lowest BCUT2D eigenvalue weighted by Crippen LogP contribution is -2.11. The molecular weight excluding hydrogens is 410 g/mol. The maximum atomic E-state index is 9.10. The van der Waals surface area contributed by atoms with Crippen molar-refractivity contribution >= 4 is 29.5 Å². The van der Waals surface area contributed by atoms with Crippen molar-refractivity contribution in [1.29, 1.82) is 0 Å². The molecule has 1 heterocycles. The summed E-state index contributed by atoms with van der Waals surface area (Å²) >= 11 is 5.93. The lowest BCUT2D eigenvalue weighted by atomic mass is 10.2. The zero-order valence-corrected chi connectivity index (χ0v) is 17.0. The third-order valence-electron chi connectivity index (χ3n) is 3.99. The van der Waals surface area contributed by atoms with Crippen LogP contribution in [-0.4, -0.2) is 45.4 Å². The molecule has 3 N–H and O–H groups in total. The van der Waals surface area contributed by atoms with Gasteiger partial charge in [0.25, 0.3) is 0 Å². The van der Waals surface area contributed by atoms with Crippen LogP contribution in [0.25, 0.3) is 11.3 Å². The summed E-state index contributed by atoms with van der Waals surface area (Å²) in [5.74, 6) is -2.81. The van der Waals surface area contributed by atoms with Crippen LogP contribution < -0.4 is 5.32 Å². The van der Waals surface area contributed by atoms with Gasteiger partial charge in [-0.2, -0.15) is 0 Å². The number of carboxylic acid groups (broad SMARTS) is 2. The number of anilines is 1. The van der Waals surface area contributed by atoms with Crippen molar-refractivity contribution in [2.75, 3.05) is 19.0 Å². The van der Waals surface area contributed by atoms with Crippen LogP contribution in [0.4, 0.5) is 5.95 Å². The van der Waals surface area contributed by atoms with Crippen LogP contribution in [-0.2, 0) is 27.4 Å². The number of halogens is 1. The van der Waals surface area contributed by atoms with Crippen molar-refractivity contribution in [3.8, 4) is 11.3 Å². The average Bonchev–Trinajstić information content (AvgIpc) is 3.15. The Labute approximate surface area is 178 Å². The highest BCUT2D eigenvalue weighted by Gasteiger charge is 2.11. The smallest absolute Gasteiger partial charge is 0.414 e. The fourth-order valence-electron chi connectivity index (χ4n) is 2.55. The number of rotatable bonds is 7. The minimum absolute atomic E-state index is 0.631. The number of methoxy groups -OCH3 is 1. The van der Waals surface area contributed by atoms with Crippen LogP contribution in [0.2, 0.25) is 5.02 Å². The molecule has 158 valence electrons. The van der Waals surface area contributed by atoms with Gasteiger partial charge in [-0.3, -0.25) is 0 Å². The molecule has 30 heavy (non-hydrogen) atoms. The van der Waals surface area contributed by atoms with Crippen LogP contribution in [0, 0.1) is 0 Å². The van der Waals surface area contributed by atoms with E-state index in [9.17, 15) is 0 Å². The molecule has 0 amide bonds. The number of hydrogen-bond donors (Lipinski definition) is 3. The van der Waals surface area contributed by atoms with Crippen molar-refractivity contribution in [2.45, 2.75) is 13.1 Å². The maximum absolute atomic E-state index is 9.10. The number of imidazole rings is 1. The summed E-state index contributed by atoms with van der Waals surface area (Å²) in [6.07, 6.45) is 1.90. The van der Waals surface area contributed by atoms with E-state index in [1.165, 1.54) is 0 Å². The molecule has 8 nitrogen and oxygen atoms in total. The minimum Gasteiger partial charge on any atom is -0.473 e. The third-order valence-corrected chi connectivity index (χ3v) is 4.24. The standard InChI is InChI=1S/C19H20ClN3O.C2H2O4/c1-24-12-11-23-18(16-5-3-2-4-6-16)14-22-19(23)21-13-15-7-9-17(20)10-8-15;3-1(4)2(5)6/h2-10,14H,11-13H2,1H3,(H,21,22);(H,3,4)(H,5,6). The molecule has 9 heteroatoms. The monoisotopic (exact) mass is 431 g/mol. The van der Waals surface area contributed by atoms with Gasteiger partial charge in [0, 0.05) is 25.2 Å². The SMILES string of the molecule is COCCn1c(-c2ccccc2)cnc1NCc1ccc(Cl)cc1.O=C(O)C(=O)O. The lowest BCUT2D eigenvalue weighted by molar-refractivity contribution is -0.159. The van der Waals surface area contributed by atoms with E-state index in [2.05, 4.69) is 27.0 Å². The molecule has 0 aliphatic carbocycles. The van der Waals surface area contributed by atoms with Crippen LogP contribution in [0.5, 0.6) is 0 Å². The van der Waals surface area contributed by atoms with Gasteiger partial charge in [-0.15, -0.1) is 0 Å². The van der Waals surface area contributed by atoms with Gasteiger partial charge in [0.2, 0.25) is 5.95 Å². The molecule has 3 aromatic rings. The first kappa shape index (κ1) is 22.9. The van der Waals surface area contributed by atoms with E-state index < -0.39 is 11.9 Å². The first-order chi connectivity index (χ1) is 14.4. The Balaban J connectivity index is 0.000000469. The van der Waals surface area contributed by atoms with Gasteiger partial charge in [-0.25, -0.2) is 14.6 Å². The Kier molecular flexibility index (Phi) is 8.86. The predicted octanol–water partition coefficient (Wildman–Crippen LogP) is 3.62. The molecule has 0 fully saturated rings. The summed E-state index contributed by atoms with van der Waals surface area (Å²) in [6.45, 7) is 2.06. The highest BCUT2D eigenvalue weighted by atomic mass is 35.5. The summed E-state index contributed by atoms with van der Waals surface area (Å²) in [5, 5.41) is 18.9. The van der Waals surface area contributed by atoms with Crippen molar-refractivity contribution in [3.63, 3.8) is 0 Å². The Bertz CT molecular complexity index is 947. The van der Waals surface area contributed by atoms with Gasteiger partial charge in [-0.05, 0) is 23.3 Å². The number of carboxylic acids is 2. The molecule has 2 aromatic carbocycles. The van der Waals surface area contributed by atoms with Gasteiger partial charge in [0.15, 0.2) is 0 Å². The summed E-state index contributed by atoms with van der Waals surface area (Å²) < 4.78 is 7.39. The second-order valence-corrected chi connectivity index (χ2v) is 6.50. The van der Waals surface area contributed by atoms with Gasteiger partial charge in [0.1, 0.15) is 0 Å². The van der Waals surface area contributed by atoms with E-state index in [1.807, 2.05) is 48.7 Å². The van der Waals surface area contributed by atoms with E-state index in [-0.39, 0.29) is 0 Å². The fourth-order valence-corrected chi connectivity index (χ4v) is 2.67. The molecule has 3 rings (SSSR count). The van der Waals surface area contributed by atoms with Crippen LogP contribution in [0.3, 0.4) is 0 Å².